The fourth-order valence-corrected chi connectivity index (χ4v) is 4.18. The van der Waals surface area contributed by atoms with Crippen LogP contribution < -0.4 is 5.32 Å². The van der Waals surface area contributed by atoms with Crippen LogP contribution in [0.5, 0.6) is 0 Å². The quantitative estimate of drug-likeness (QED) is 0.818. The van der Waals surface area contributed by atoms with E-state index in [1.165, 1.54) is 25.3 Å². The minimum Gasteiger partial charge on any atom is -0.352 e. The van der Waals surface area contributed by atoms with Gasteiger partial charge in [0.1, 0.15) is 0 Å². The highest BCUT2D eigenvalue weighted by atomic mass is 32.2. The highest BCUT2D eigenvalue weighted by Crippen LogP contribution is 2.17. The lowest BCUT2D eigenvalue weighted by molar-refractivity contribution is 0.0939. The largest absolute Gasteiger partial charge is 0.352 e. The lowest BCUT2D eigenvalue weighted by Crippen LogP contribution is -2.38. The normalized spacial score (nSPS) is 17.4. The van der Waals surface area contributed by atoms with E-state index in [9.17, 15) is 13.2 Å². The van der Waals surface area contributed by atoms with Crippen molar-refractivity contribution >= 4 is 15.7 Å². The topological polar surface area (TPSA) is 66.5 Å². The number of hydrogen-bond donors (Lipinski definition) is 1. The van der Waals surface area contributed by atoms with Gasteiger partial charge < -0.3 is 10.2 Å². The van der Waals surface area contributed by atoms with Gasteiger partial charge in [-0.25, -0.2) is 8.42 Å². The molecule has 134 valence electrons. The number of sulfone groups is 1. The molecule has 6 heteroatoms. The molecule has 0 spiro atoms. The Hall–Kier alpha value is -1.40. The number of nitrogens with one attached hydrogen (secondary N) is 1. The van der Waals surface area contributed by atoms with Crippen molar-refractivity contribution in [2.45, 2.75) is 38.0 Å². The fraction of sp³-hybridized carbons (Fsp3) is 0.611. The third-order valence-electron chi connectivity index (χ3n) is 4.48. The number of amides is 1. The van der Waals surface area contributed by atoms with Crippen LogP contribution in [0, 0.1) is 5.92 Å². The molecule has 1 heterocycles. The minimum absolute atomic E-state index is 0.0113. The Balaban J connectivity index is 1.95. The molecule has 1 N–H and O–H groups in total. The highest BCUT2D eigenvalue weighted by molar-refractivity contribution is 7.91. The van der Waals surface area contributed by atoms with Gasteiger partial charge in [0.25, 0.3) is 5.91 Å². The third-order valence-corrected chi connectivity index (χ3v) is 6.26. The molecule has 1 unspecified atom stereocenters. The van der Waals surface area contributed by atoms with Crippen molar-refractivity contribution in [2.24, 2.45) is 5.92 Å². The van der Waals surface area contributed by atoms with Crippen molar-refractivity contribution in [3.05, 3.63) is 29.8 Å². The lowest BCUT2D eigenvalue weighted by Gasteiger charge is -2.29. The van der Waals surface area contributed by atoms with Crippen LogP contribution in [0.25, 0.3) is 0 Å². The predicted octanol–water partition coefficient (Wildman–Crippen LogP) is 2.33. The number of hydrogen-bond acceptors (Lipinski definition) is 4. The number of benzene rings is 1. The molecule has 0 bridgehead atoms. The summed E-state index contributed by atoms with van der Waals surface area (Å²) >= 11 is 0. The first-order valence-corrected chi connectivity index (χ1v) is 10.4. The van der Waals surface area contributed by atoms with Gasteiger partial charge in [-0.3, -0.25) is 4.79 Å². The number of carbonyl (C=O) groups is 1. The first kappa shape index (κ1) is 18.9. The van der Waals surface area contributed by atoms with Crippen LogP contribution >= 0.6 is 0 Å². The van der Waals surface area contributed by atoms with E-state index in [1.807, 2.05) is 0 Å². The van der Waals surface area contributed by atoms with Crippen LogP contribution in [0.1, 0.15) is 43.5 Å². The molecule has 0 radical (unpaired) electrons. The lowest BCUT2D eigenvalue weighted by atomic mass is 10.1. The minimum atomic E-state index is -3.40. The molecule has 1 fully saturated rings. The molecule has 0 aromatic heterocycles. The van der Waals surface area contributed by atoms with E-state index in [4.69, 9.17) is 0 Å². The van der Waals surface area contributed by atoms with E-state index in [2.05, 4.69) is 17.1 Å². The van der Waals surface area contributed by atoms with Gasteiger partial charge in [0.2, 0.25) is 0 Å². The van der Waals surface area contributed by atoms with Gasteiger partial charge in [-0.05, 0) is 44.0 Å². The Morgan fingerprint density at radius 2 is 1.88 bits per heavy atom. The SMILES string of the molecule is CCS(=O)(=O)c1ccccc1C(=O)NCC(C)CN1CCCCC1. The molecule has 1 atom stereocenters. The molecule has 1 aliphatic heterocycles. The number of rotatable bonds is 7. The Morgan fingerprint density at radius 1 is 1.21 bits per heavy atom. The molecule has 0 saturated carbocycles. The molecule has 0 aliphatic carbocycles. The number of carbonyl (C=O) groups excluding carboxylic acids is 1. The zero-order valence-electron chi connectivity index (χ0n) is 14.6. The van der Waals surface area contributed by atoms with E-state index >= 15 is 0 Å². The van der Waals surface area contributed by atoms with Crippen molar-refractivity contribution in [3.63, 3.8) is 0 Å². The van der Waals surface area contributed by atoms with Crippen LogP contribution in [0.3, 0.4) is 0 Å². The second kappa shape index (κ2) is 8.62. The van der Waals surface area contributed by atoms with Crippen molar-refractivity contribution in [3.8, 4) is 0 Å². The summed E-state index contributed by atoms with van der Waals surface area (Å²) < 4.78 is 24.3. The van der Waals surface area contributed by atoms with Crippen LogP contribution in [-0.2, 0) is 9.84 Å². The van der Waals surface area contributed by atoms with E-state index in [-0.39, 0.29) is 22.1 Å². The summed E-state index contributed by atoms with van der Waals surface area (Å²) in [6.07, 6.45) is 3.81. The zero-order chi connectivity index (χ0) is 17.6. The van der Waals surface area contributed by atoms with Gasteiger partial charge in [0.15, 0.2) is 9.84 Å². The third kappa shape index (κ3) is 5.05. The van der Waals surface area contributed by atoms with Crippen LogP contribution in [0.4, 0.5) is 0 Å². The maximum atomic E-state index is 12.4. The Labute approximate surface area is 145 Å². The molecular weight excluding hydrogens is 324 g/mol. The van der Waals surface area contributed by atoms with Crippen LogP contribution in [0.2, 0.25) is 0 Å². The summed E-state index contributed by atoms with van der Waals surface area (Å²) in [5.41, 5.74) is 0.240. The van der Waals surface area contributed by atoms with E-state index in [1.54, 1.807) is 25.1 Å². The molecule has 1 aromatic rings. The van der Waals surface area contributed by atoms with Crippen LogP contribution in [-0.4, -0.2) is 51.2 Å². The van der Waals surface area contributed by atoms with Gasteiger partial charge in [-0.1, -0.05) is 32.4 Å². The Morgan fingerprint density at radius 3 is 2.54 bits per heavy atom. The second-order valence-electron chi connectivity index (χ2n) is 6.58. The molecule has 5 nitrogen and oxygen atoms in total. The first-order chi connectivity index (χ1) is 11.4. The standard InChI is InChI=1S/C18H28N2O3S/c1-3-24(22,23)17-10-6-5-9-16(17)18(21)19-13-15(2)14-20-11-7-4-8-12-20/h5-6,9-10,15H,3-4,7-8,11-14H2,1-2H3,(H,19,21). The Bertz CT molecular complexity index is 652. The smallest absolute Gasteiger partial charge is 0.252 e. The molecule has 1 amide bonds. The monoisotopic (exact) mass is 352 g/mol. The predicted molar refractivity (Wildman–Crippen MR) is 96.0 cm³/mol. The van der Waals surface area contributed by atoms with Crippen LogP contribution in [0.15, 0.2) is 29.2 Å². The average molecular weight is 353 g/mol. The molecular formula is C18H28N2O3S. The molecule has 1 aromatic carbocycles. The average Bonchev–Trinajstić information content (AvgIpc) is 2.60. The van der Waals surface area contributed by atoms with E-state index < -0.39 is 9.84 Å². The zero-order valence-corrected chi connectivity index (χ0v) is 15.4. The molecule has 1 saturated heterocycles. The number of likely N-dealkylation sites (tertiary alicyclic amines) is 1. The maximum absolute atomic E-state index is 12.4. The summed E-state index contributed by atoms with van der Waals surface area (Å²) in [6.45, 7) is 7.49. The van der Waals surface area contributed by atoms with Gasteiger partial charge in [-0.15, -0.1) is 0 Å². The van der Waals surface area contributed by atoms with Crippen molar-refractivity contribution in [1.29, 1.82) is 0 Å². The molecule has 1 aliphatic rings. The van der Waals surface area contributed by atoms with E-state index in [0.29, 0.717) is 12.5 Å². The van der Waals surface area contributed by atoms with Gasteiger partial charge in [0, 0.05) is 13.1 Å². The first-order valence-electron chi connectivity index (χ1n) is 8.76. The Kier molecular flexibility index (Phi) is 6.80. The molecule has 24 heavy (non-hydrogen) atoms. The summed E-state index contributed by atoms with van der Waals surface area (Å²) in [7, 11) is -3.40. The summed E-state index contributed by atoms with van der Waals surface area (Å²) in [4.78, 5) is 15.0. The molecule has 2 rings (SSSR count). The van der Waals surface area contributed by atoms with E-state index in [0.717, 1.165) is 19.6 Å². The second-order valence-corrected chi connectivity index (χ2v) is 8.82. The number of piperidine rings is 1. The van der Waals surface area contributed by atoms with Gasteiger partial charge in [-0.2, -0.15) is 0 Å². The summed E-state index contributed by atoms with van der Waals surface area (Å²) in [6, 6.07) is 6.43. The fourth-order valence-electron chi connectivity index (χ4n) is 3.09. The highest BCUT2D eigenvalue weighted by Gasteiger charge is 2.21. The van der Waals surface area contributed by atoms with Gasteiger partial charge >= 0.3 is 0 Å². The van der Waals surface area contributed by atoms with Gasteiger partial charge in [0.05, 0.1) is 16.2 Å². The summed E-state index contributed by atoms with van der Waals surface area (Å²) in [5.74, 6) is 0.0120. The van der Waals surface area contributed by atoms with Crippen molar-refractivity contribution < 1.29 is 13.2 Å². The van der Waals surface area contributed by atoms with Crippen molar-refractivity contribution in [2.75, 3.05) is 31.9 Å². The number of nitrogens with zero attached hydrogens (tertiary/aromatic N) is 1. The maximum Gasteiger partial charge on any atom is 0.252 e. The summed E-state index contributed by atoms with van der Waals surface area (Å²) in [5, 5.41) is 2.89. The van der Waals surface area contributed by atoms with Crippen molar-refractivity contribution in [1.82, 2.24) is 10.2 Å².